The van der Waals surface area contributed by atoms with Crippen LogP contribution in [-0.4, -0.2) is 46.9 Å². The Labute approximate surface area is 145 Å². The molecule has 2 aromatic rings. The van der Waals surface area contributed by atoms with Gasteiger partial charge in [-0.1, -0.05) is 34.1 Å². The number of aromatic nitrogens is 1. The fourth-order valence-corrected chi connectivity index (χ4v) is 3.26. The van der Waals surface area contributed by atoms with Crippen LogP contribution in [0.15, 0.2) is 53.1 Å². The Morgan fingerprint density at radius 3 is 2.61 bits per heavy atom. The number of carbonyl (C=O) groups excluding carboxylic acids is 1. The minimum absolute atomic E-state index is 0.209. The van der Waals surface area contributed by atoms with E-state index in [0.29, 0.717) is 6.42 Å². The Hall–Kier alpha value is -1.72. The third kappa shape index (κ3) is 4.62. The summed E-state index contributed by atoms with van der Waals surface area (Å²) >= 11 is 3.45. The number of rotatable bonds is 4. The molecule has 0 saturated carbocycles. The Kier molecular flexibility index (Phi) is 5.41. The highest BCUT2D eigenvalue weighted by atomic mass is 79.9. The molecule has 0 unspecified atom stereocenters. The van der Waals surface area contributed by atoms with E-state index in [4.69, 9.17) is 0 Å². The molecule has 1 aliphatic rings. The van der Waals surface area contributed by atoms with E-state index in [1.807, 2.05) is 53.6 Å². The molecule has 1 aliphatic heterocycles. The van der Waals surface area contributed by atoms with Gasteiger partial charge in [0.1, 0.15) is 0 Å². The van der Waals surface area contributed by atoms with Crippen LogP contribution in [0.3, 0.4) is 0 Å². The topological polar surface area (TPSA) is 36.4 Å². The van der Waals surface area contributed by atoms with E-state index in [0.717, 1.165) is 48.5 Å². The van der Waals surface area contributed by atoms with Crippen molar-refractivity contribution in [3.05, 3.63) is 64.4 Å². The minimum atomic E-state index is 0.209. The number of amides is 1. The van der Waals surface area contributed by atoms with Gasteiger partial charge in [0.25, 0.3) is 0 Å². The summed E-state index contributed by atoms with van der Waals surface area (Å²) in [4.78, 5) is 21.1. The van der Waals surface area contributed by atoms with Crippen LogP contribution in [0.1, 0.15) is 11.3 Å². The van der Waals surface area contributed by atoms with E-state index < -0.39 is 0 Å². The highest BCUT2D eigenvalue weighted by Crippen LogP contribution is 2.14. The second-order valence-electron chi connectivity index (χ2n) is 5.78. The molecule has 1 amide bonds. The van der Waals surface area contributed by atoms with Crippen molar-refractivity contribution in [2.45, 2.75) is 13.0 Å². The van der Waals surface area contributed by atoms with Crippen LogP contribution in [0.5, 0.6) is 0 Å². The number of nitrogens with zero attached hydrogens (tertiary/aromatic N) is 3. The van der Waals surface area contributed by atoms with E-state index >= 15 is 0 Å². The van der Waals surface area contributed by atoms with Gasteiger partial charge in [-0.25, -0.2) is 0 Å². The van der Waals surface area contributed by atoms with Crippen molar-refractivity contribution in [2.24, 2.45) is 0 Å². The van der Waals surface area contributed by atoms with Gasteiger partial charge in [-0.05, 0) is 29.8 Å². The number of hydrogen-bond donors (Lipinski definition) is 0. The van der Waals surface area contributed by atoms with Gasteiger partial charge >= 0.3 is 0 Å². The fourth-order valence-electron chi connectivity index (χ4n) is 2.81. The maximum Gasteiger partial charge on any atom is 0.227 e. The molecule has 1 saturated heterocycles. The zero-order chi connectivity index (χ0) is 16.1. The average molecular weight is 374 g/mol. The first-order valence-corrected chi connectivity index (χ1v) is 8.64. The number of halogens is 1. The van der Waals surface area contributed by atoms with Crippen molar-refractivity contribution in [1.29, 1.82) is 0 Å². The summed E-state index contributed by atoms with van der Waals surface area (Å²) in [6.07, 6.45) is 2.30. The lowest BCUT2D eigenvalue weighted by Crippen LogP contribution is -2.48. The van der Waals surface area contributed by atoms with Crippen LogP contribution in [-0.2, 0) is 17.8 Å². The minimum Gasteiger partial charge on any atom is -0.340 e. The van der Waals surface area contributed by atoms with Gasteiger partial charge in [-0.2, -0.15) is 0 Å². The Balaban J connectivity index is 1.49. The van der Waals surface area contributed by atoms with Crippen LogP contribution in [0.25, 0.3) is 0 Å². The van der Waals surface area contributed by atoms with Crippen molar-refractivity contribution in [3.8, 4) is 0 Å². The molecule has 2 heterocycles. The summed E-state index contributed by atoms with van der Waals surface area (Å²) in [5, 5.41) is 0. The molecule has 1 aromatic heterocycles. The van der Waals surface area contributed by atoms with Gasteiger partial charge in [0, 0.05) is 43.4 Å². The van der Waals surface area contributed by atoms with Crippen molar-refractivity contribution in [3.63, 3.8) is 0 Å². The van der Waals surface area contributed by atoms with Gasteiger partial charge in [0.2, 0.25) is 5.91 Å². The van der Waals surface area contributed by atoms with Crippen LogP contribution < -0.4 is 0 Å². The Morgan fingerprint density at radius 1 is 1.09 bits per heavy atom. The number of carbonyl (C=O) groups is 1. The normalized spacial score (nSPS) is 15.6. The summed E-state index contributed by atoms with van der Waals surface area (Å²) in [7, 11) is 0. The maximum absolute atomic E-state index is 12.4. The predicted molar refractivity (Wildman–Crippen MR) is 93.9 cm³/mol. The van der Waals surface area contributed by atoms with Crippen LogP contribution in [0, 0.1) is 0 Å². The van der Waals surface area contributed by atoms with Crippen molar-refractivity contribution >= 4 is 21.8 Å². The summed E-state index contributed by atoms with van der Waals surface area (Å²) in [6.45, 7) is 4.25. The molecule has 0 radical (unpaired) electrons. The average Bonchev–Trinajstić information content (AvgIpc) is 2.56. The zero-order valence-corrected chi connectivity index (χ0v) is 14.6. The lowest BCUT2D eigenvalue weighted by atomic mass is 10.1. The first-order chi connectivity index (χ1) is 11.2. The second kappa shape index (κ2) is 7.70. The lowest BCUT2D eigenvalue weighted by molar-refractivity contribution is -0.132. The summed E-state index contributed by atoms with van der Waals surface area (Å²) in [6, 6.07) is 13.9. The molecule has 120 valence electrons. The van der Waals surface area contributed by atoms with E-state index in [-0.39, 0.29) is 5.91 Å². The fraction of sp³-hybridized carbons (Fsp3) is 0.333. The Morgan fingerprint density at radius 2 is 1.91 bits per heavy atom. The van der Waals surface area contributed by atoms with Gasteiger partial charge in [0.15, 0.2) is 0 Å². The van der Waals surface area contributed by atoms with Crippen LogP contribution in [0.2, 0.25) is 0 Å². The predicted octanol–water partition coefficient (Wildman–Crippen LogP) is 2.73. The van der Waals surface area contributed by atoms with Gasteiger partial charge in [-0.3, -0.25) is 14.7 Å². The number of piperazine rings is 1. The summed E-state index contributed by atoms with van der Waals surface area (Å²) < 4.78 is 1.02. The lowest BCUT2D eigenvalue weighted by Gasteiger charge is -2.34. The van der Waals surface area contributed by atoms with E-state index in [1.54, 1.807) is 0 Å². The quantitative estimate of drug-likeness (QED) is 0.826. The monoisotopic (exact) mass is 373 g/mol. The first-order valence-electron chi connectivity index (χ1n) is 7.85. The Bertz CT molecular complexity index is 654. The number of pyridine rings is 1. The van der Waals surface area contributed by atoms with Gasteiger partial charge in [-0.15, -0.1) is 0 Å². The largest absolute Gasteiger partial charge is 0.340 e. The molecule has 0 bridgehead atoms. The third-order valence-electron chi connectivity index (χ3n) is 4.08. The standard InChI is InChI=1S/C18H20BrN3O/c19-16-5-3-4-15(12-16)13-18(23)22-10-8-21(9-11-22)14-17-6-1-2-7-20-17/h1-7,12H,8-11,13-14H2. The zero-order valence-electron chi connectivity index (χ0n) is 13.0. The molecule has 23 heavy (non-hydrogen) atoms. The number of hydrogen-bond acceptors (Lipinski definition) is 3. The number of benzene rings is 1. The summed E-state index contributed by atoms with van der Waals surface area (Å²) in [5.41, 5.74) is 2.14. The molecular formula is C18H20BrN3O. The second-order valence-corrected chi connectivity index (χ2v) is 6.70. The van der Waals surface area contributed by atoms with Crippen LogP contribution in [0.4, 0.5) is 0 Å². The molecule has 3 rings (SSSR count). The van der Waals surface area contributed by atoms with Crippen molar-refractivity contribution in [2.75, 3.05) is 26.2 Å². The molecule has 4 nitrogen and oxygen atoms in total. The molecular weight excluding hydrogens is 354 g/mol. The molecule has 5 heteroatoms. The molecule has 1 aromatic carbocycles. The summed E-state index contributed by atoms with van der Waals surface area (Å²) in [5.74, 6) is 0.209. The molecule has 0 aliphatic carbocycles. The maximum atomic E-state index is 12.4. The first kappa shape index (κ1) is 16.1. The molecule has 0 spiro atoms. The highest BCUT2D eigenvalue weighted by Gasteiger charge is 2.21. The van der Waals surface area contributed by atoms with E-state index in [9.17, 15) is 4.79 Å². The van der Waals surface area contributed by atoms with Gasteiger partial charge < -0.3 is 4.90 Å². The van der Waals surface area contributed by atoms with E-state index in [2.05, 4.69) is 25.8 Å². The van der Waals surface area contributed by atoms with Crippen molar-refractivity contribution in [1.82, 2.24) is 14.8 Å². The van der Waals surface area contributed by atoms with Crippen LogP contribution >= 0.6 is 15.9 Å². The smallest absolute Gasteiger partial charge is 0.227 e. The van der Waals surface area contributed by atoms with Gasteiger partial charge in [0.05, 0.1) is 12.1 Å². The van der Waals surface area contributed by atoms with E-state index in [1.165, 1.54) is 0 Å². The van der Waals surface area contributed by atoms with Crippen molar-refractivity contribution < 1.29 is 4.79 Å². The third-order valence-corrected chi connectivity index (χ3v) is 4.57. The SMILES string of the molecule is O=C(Cc1cccc(Br)c1)N1CCN(Cc2ccccn2)CC1. The molecule has 0 atom stereocenters. The molecule has 0 N–H and O–H groups in total. The molecule has 1 fully saturated rings. The highest BCUT2D eigenvalue weighted by molar-refractivity contribution is 9.10.